The van der Waals surface area contributed by atoms with E-state index in [1.54, 1.807) is 11.0 Å². The largest absolute Gasteiger partial charge is 0.507 e. The third-order valence-corrected chi connectivity index (χ3v) is 5.86. The molecule has 1 atom stereocenters. The minimum Gasteiger partial charge on any atom is -0.507 e. The van der Waals surface area contributed by atoms with Crippen molar-refractivity contribution >= 4 is 28.2 Å². The molecule has 31 heavy (non-hydrogen) atoms. The quantitative estimate of drug-likeness (QED) is 0.387. The van der Waals surface area contributed by atoms with Gasteiger partial charge >= 0.3 is 0 Å². The molecule has 1 aliphatic heterocycles. The molecule has 3 aromatic carbocycles. The molecule has 1 N–H and O–H groups in total. The SMILES string of the molecule is Cc1ccccc1C1/C(=C(\O)c2cccc3ccccc23)C(=O)C(=O)N1CCN(C)C. The number of carbonyl (C=O) groups excluding carboxylic acids is 2. The van der Waals surface area contributed by atoms with Gasteiger partial charge in [-0.25, -0.2) is 0 Å². The molecule has 0 bridgehead atoms. The number of aliphatic hydroxyl groups is 1. The highest BCUT2D eigenvalue weighted by Gasteiger charge is 2.46. The Morgan fingerprint density at radius 1 is 0.968 bits per heavy atom. The fourth-order valence-electron chi connectivity index (χ4n) is 4.21. The van der Waals surface area contributed by atoms with Gasteiger partial charge in [-0.1, -0.05) is 66.7 Å². The van der Waals surface area contributed by atoms with Crippen LogP contribution in [0.4, 0.5) is 0 Å². The number of aliphatic hydroxyl groups excluding tert-OH is 1. The van der Waals surface area contributed by atoms with E-state index in [1.165, 1.54) is 0 Å². The molecule has 4 rings (SSSR count). The summed E-state index contributed by atoms with van der Waals surface area (Å²) in [6, 6.07) is 20.4. The van der Waals surface area contributed by atoms with Gasteiger partial charge in [0.1, 0.15) is 5.76 Å². The van der Waals surface area contributed by atoms with E-state index in [-0.39, 0.29) is 11.3 Å². The molecule has 0 saturated carbocycles. The van der Waals surface area contributed by atoms with Crippen molar-refractivity contribution in [3.05, 3.63) is 89.0 Å². The number of likely N-dealkylation sites (tertiary alicyclic amines) is 1. The third kappa shape index (κ3) is 3.73. The number of carbonyl (C=O) groups is 2. The van der Waals surface area contributed by atoms with Gasteiger partial charge in [0.25, 0.3) is 11.7 Å². The number of Topliss-reactive ketones (excluding diaryl/α,β-unsaturated/α-hetero) is 1. The summed E-state index contributed by atoms with van der Waals surface area (Å²) in [6.07, 6.45) is 0. The van der Waals surface area contributed by atoms with E-state index >= 15 is 0 Å². The van der Waals surface area contributed by atoms with Crippen LogP contribution >= 0.6 is 0 Å². The van der Waals surface area contributed by atoms with Gasteiger partial charge in [0.05, 0.1) is 11.6 Å². The lowest BCUT2D eigenvalue weighted by Gasteiger charge is -2.27. The van der Waals surface area contributed by atoms with Gasteiger partial charge in [-0.2, -0.15) is 0 Å². The molecule has 1 amide bonds. The first kappa shape index (κ1) is 20.8. The van der Waals surface area contributed by atoms with E-state index in [1.807, 2.05) is 86.6 Å². The average molecular weight is 415 g/mol. The molecule has 3 aromatic rings. The summed E-state index contributed by atoms with van der Waals surface area (Å²) in [5, 5.41) is 13.2. The molecule has 1 fully saturated rings. The molecule has 158 valence electrons. The van der Waals surface area contributed by atoms with Gasteiger partial charge in [-0.15, -0.1) is 0 Å². The topological polar surface area (TPSA) is 60.9 Å². The number of likely N-dealkylation sites (N-methyl/N-ethyl adjacent to an activating group) is 1. The van der Waals surface area contributed by atoms with E-state index in [0.717, 1.165) is 21.9 Å². The molecule has 0 aromatic heterocycles. The molecule has 1 aliphatic rings. The van der Waals surface area contributed by atoms with Crippen LogP contribution in [0.15, 0.2) is 72.3 Å². The van der Waals surface area contributed by atoms with Crippen molar-refractivity contribution < 1.29 is 14.7 Å². The molecular formula is C26H26N2O3. The number of benzene rings is 3. The minimum atomic E-state index is -0.641. The summed E-state index contributed by atoms with van der Waals surface area (Å²) in [5.41, 5.74) is 2.52. The monoisotopic (exact) mass is 414 g/mol. The molecule has 0 radical (unpaired) electrons. The molecule has 0 spiro atoms. The maximum absolute atomic E-state index is 13.2. The smallest absolute Gasteiger partial charge is 0.295 e. The zero-order valence-corrected chi connectivity index (χ0v) is 18.0. The number of rotatable bonds is 5. The molecule has 0 aliphatic carbocycles. The van der Waals surface area contributed by atoms with Crippen LogP contribution in [0.25, 0.3) is 16.5 Å². The van der Waals surface area contributed by atoms with Crippen LogP contribution < -0.4 is 0 Å². The van der Waals surface area contributed by atoms with Gasteiger partial charge in [-0.05, 0) is 42.9 Å². The fourth-order valence-corrected chi connectivity index (χ4v) is 4.21. The van der Waals surface area contributed by atoms with Crippen LogP contribution in [-0.2, 0) is 9.59 Å². The second kappa shape index (κ2) is 8.36. The van der Waals surface area contributed by atoms with Crippen LogP contribution in [0, 0.1) is 6.92 Å². The van der Waals surface area contributed by atoms with Crippen LogP contribution in [0.3, 0.4) is 0 Å². The molecular weight excluding hydrogens is 388 g/mol. The lowest BCUT2D eigenvalue weighted by atomic mass is 9.91. The van der Waals surface area contributed by atoms with Crippen molar-refractivity contribution in [1.29, 1.82) is 0 Å². The van der Waals surface area contributed by atoms with Crippen LogP contribution in [-0.4, -0.2) is 53.8 Å². The Balaban J connectivity index is 1.94. The van der Waals surface area contributed by atoms with Crippen LogP contribution in [0.1, 0.15) is 22.7 Å². The number of aryl methyl sites for hydroxylation is 1. The first-order chi connectivity index (χ1) is 14.9. The van der Waals surface area contributed by atoms with E-state index in [0.29, 0.717) is 18.7 Å². The Morgan fingerprint density at radius 2 is 1.65 bits per heavy atom. The van der Waals surface area contributed by atoms with Gasteiger partial charge in [0, 0.05) is 18.7 Å². The summed E-state index contributed by atoms with van der Waals surface area (Å²) in [4.78, 5) is 29.8. The van der Waals surface area contributed by atoms with Gasteiger partial charge < -0.3 is 14.9 Å². The average Bonchev–Trinajstić information content (AvgIpc) is 3.01. The number of ketones is 1. The van der Waals surface area contributed by atoms with E-state index in [2.05, 4.69) is 0 Å². The van der Waals surface area contributed by atoms with Crippen molar-refractivity contribution in [3.63, 3.8) is 0 Å². The Morgan fingerprint density at radius 3 is 2.39 bits per heavy atom. The summed E-state index contributed by atoms with van der Waals surface area (Å²) < 4.78 is 0. The Hall–Kier alpha value is -3.44. The summed E-state index contributed by atoms with van der Waals surface area (Å²) in [6.45, 7) is 2.96. The number of hydrogen-bond acceptors (Lipinski definition) is 4. The molecule has 1 unspecified atom stereocenters. The number of nitrogens with zero attached hydrogens (tertiary/aromatic N) is 2. The second-order valence-electron chi connectivity index (χ2n) is 8.18. The van der Waals surface area contributed by atoms with E-state index < -0.39 is 17.7 Å². The first-order valence-electron chi connectivity index (χ1n) is 10.4. The minimum absolute atomic E-state index is 0.129. The highest BCUT2D eigenvalue weighted by molar-refractivity contribution is 6.46. The van der Waals surface area contributed by atoms with Crippen LogP contribution in [0.5, 0.6) is 0 Å². The standard InChI is InChI=1S/C26H26N2O3/c1-17-9-4-6-12-19(17)23-22(25(30)26(31)28(23)16-15-27(2)3)24(29)21-14-8-11-18-10-5-7-13-20(18)21/h4-14,23,29H,15-16H2,1-3H3/b24-22+. The lowest BCUT2D eigenvalue weighted by Crippen LogP contribution is -2.35. The van der Waals surface area contributed by atoms with Crippen LogP contribution in [0.2, 0.25) is 0 Å². The van der Waals surface area contributed by atoms with Crippen molar-refractivity contribution in [1.82, 2.24) is 9.80 Å². The normalized spacial score (nSPS) is 18.3. The second-order valence-corrected chi connectivity index (χ2v) is 8.18. The number of amides is 1. The summed E-state index contributed by atoms with van der Waals surface area (Å²) >= 11 is 0. The molecule has 5 nitrogen and oxygen atoms in total. The highest BCUT2D eigenvalue weighted by Crippen LogP contribution is 2.41. The Labute approximate surface area is 182 Å². The number of hydrogen-bond donors (Lipinski definition) is 1. The predicted octanol–water partition coefficient (Wildman–Crippen LogP) is 4.13. The lowest BCUT2D eigenvalue weighted by molar-refractivity contribution is -0.140. The van der Waals surface area contributed by atoms with Crippen molar-refractivity contribution in [2.24, 2.45) is 0 Å². The molecule has 1 heterocycles. The molecule has 5 heteroatoms. The zero-order valence-electron chi connectivity index (χ0n) is 18.0. The predicted molar refractivity (Wildman–Crippen MR) is 123 cm³/mol. The first-order valence-corrected chi connectivity index (χ1v) is 10.4. The van der Waals surface area contributed by atoms with Gasteiger partial charge in [0.2, 0.25) is 0 Å². The third-order valence-electron chi connectivity index (χ3n) is 5.86. The summed E-state index contributed by atoms with van der Waals surface area (Å²) in [5.74, 6) is -1.34. The van der Waals surface area contributed by atoms with Crippen molar-refractivity contribution in [2.75, 3.05) is 27.2 Å². The van der Waals surface area contributed by atoms with E-state index in [4.69, 9.17) is 0 Å². The van der Waals surface area contributed by atoms with E-state index in [9.17, 15) is 14.7 Å². The highest BCUT2D eigenvalue weighted by atomic mass is 16.3. The fraction of sp³-hybridized carbons (Fsp3) is 0.231. The zero-order chi connectivity index (χ0) is 22.1. The number of fused-ring (bicyclic) bond motifs is 1. The van der Waals surface area contributed by atoms with Gasteiger partial charge in [-0.3, -0.25) is 9.59 Å². The Kier molecular flexibility index (Phi) is 5.61. The maximum Gasteiger partial charge on any atom is 0.295 e. The summed E-state index contributed by atoms with van der Waals surface area (Å²) in [7, 11) is 3.85. The van der Waals surface area contributed by atoms with Crippen molar-refractivity contribution in [2.45, 2.75) is 13.0 Å². The van der Waals surface area contributed by atoms with Crippen molar-refractivity contribution in [3.8, 4) is 0 Å². The Bertz CT molecular complexity index is 1190. The maximum atomic E-state index is 13.2. The molecule has 1 saturated heterocycles. The van der Waals surface area contributed by atoms with Gasteiger partial charge in [0.15, 0.2) is 0 Å².